The fourth-order valence-electron chi connectivity index (χ4n) is 4.81. The van der Waals surface area contributed by atoms with E-state index in [2.05, 4.69) is 20.5 Å². The van der Waals surface area contributed by atoms with Crippen LogP contribution in [-0.4, -0.2) is 50.6 Å². The van der Waals surface area contributed by atoms with Crippen molar-refractivity contribution in [1.29, 1.82) is 0 Å². The van der Waals surface area contributed by atoms with Gasteiger partial charge >= 0.3 is 0 Å². The van der Waals surface area contributed by atoms with Crippen LogP contribution in [0.4, 0.5) is 13.2 Å². The lowest BCUT2D eigenvalue weighted by atomic mass is 9.86. The Bertz CT molecular complexity index is 1650. The molecule has 0 saturated heterocycles. The molecular weight excluding hydrogens is 537 g/mol. The molecule has 11 heteroatoms. The number of rotatable bonds is 8. The van der Waals surface area contributed by atoms with Crippen LogP contribution in [0.2, 0.25) is 0 Å². The Labute approximate surface area is 234 Å². The zero-order valence-electron chi connectivity index (χ0n) is 22.9. The summed E-state index contributed by atoms with van der Waals surface area (Å²) in [5.74, 6) is -1.78. The standard InChI is InChI=1S/C30H29F3N4O4/c1-16-11-18-12-19(13-22(41-4)25(18)37-36-16)27(38)34-15-30(40,29(33)9-10-29)23-14-21(28(2,3)39)24(32)26(35-23)17-5-7-20(31)8-6-17/h5-8,11-14,39-40H,9-10,15H2,1-4H3,(H,34,38)/t30-/m1/s1. The number of aliphatic hydroxyl groups is 2. The number of fused-ring (bicyclic) bond motifs is 1. The van der Waals surface area contributed by atoms with E-state index < -0.39 is 41.0 Å². The highest BCUT2D eigenvalue weighted by Crippen LogP contribution is 2.53. The van der Waals surface area contributed by atoms with Gasteiger partial charge in [-0.2, -0.15) is 5.10 Å². The van der Waals surface area contributed by atoms with Crippen molar-refractivity contribution in [2.24, 2.45) is 0 Å². The van der Waals surface area contributed by atoms with Gasteiger partial charge in [-0.25, -0.2) is 18.2 Å². The molecule has 0 radical (unpaired) electrons. The van der Waals surface area contributed by atoms with Gasteiger partial charge in [-0.1, -0.05) is 0 Å². The van der Waals surface area contributed by atoms with Crippen molar-refractivity contribution in [3.8, 4) is 17.0 Å². The minimum atomic E-state index is -2.38. The van der Waals surface area contributed by atoms with Crippen molar-refractivity contribution in [2.45, 2.75) is 50.5 Å². The van der Waals surface area contributed by atoms with E-state index in [0.717, 1.165) is 18.2 Å². The molecule has 8 nitrogen and oxygen atoms in total. The molecule has 0 bridgehead atoms. The second kappa shape index (κ2) is 10.1. The van der Waals surface area contributed by atoms with Crippen molar-refractivity contribution >= 4 is 16.8 Å². The maximum Gasteiger partial charge on any atom is 0.251 e. The predicted octanol–water partition coefficient (Wildman–Crippen LogP) is 4.63. The molecule has 0 aliphatic heterocycles. The van der Waals surface area contributed by atoms with Crippen LogP contribution in [0.3, 0.4) is 0 Å². The highest BCUT2D eigenvalue weighted by Gasteiger charge is 2.62. The van der Waals surface area contributed by atoms with Crippen molar-refractivity contribution in [2.75, 3.05) is 13.7 Å². The third kappa shape index (κ3) is 5.22. The molecule has 1 saturated carbocycles. The summed E-state index contributed by atoms with van der Waals surface area (Å²) >= 11 is 0. The van der Waals surface area contributed by atoms with Gasteiger partial charge in [0.2, 0.25) is 0 Å². The summed E-state index contributed by atoms with van der Waals surface area (Å²) in [5, 5.41) is 33.9. The molecule has 0 unspecified atom stereocenters. The summed E-state index contributed by atoms with van der Waals surface area (Å²) in [7, 11) is 1.43. The number of nitrogens with one attached hydrogen (secondary N) is 1. The quantitative estimate of drug-likeness (QED) is 0.285. The first-order valence-corrected chi connectivity index (χ1v) is 13.0. The van der Waals surface area contributed by atoms with Crippen LogP contribution in [0, 0.1) is 18.6 Å². The van der Waals surface area contributed by atoms with E-state index in [-0.39, 0.29) is 40.9 Å². The highest BCUT2D eigenvalue weighted by atomic mass is 19.1. The van der Waals surface area contributed by atoms with Crippen LogP contribution in [0.25, 0.3) is 22.2 Å². The summed E-state index contributed by atoms with van der Waals surface area (Å²) in [6.07, 6.45) is -0.0478. The zero-order chi connectivity index (χ0) is 29.7. The SMILES string of the molecule is COc1cc(C(=O)NC[C@@](O)(c2cc(C(C)(C)O)c(F)c(-c3ccc(F)cc3)n2)C2(F)CC2)cc2cc(C)nnc12. The molecule has 4 aromatic rings. The molecular formula is C30H29F3N4O4. The van der Waals surface area contributed by atoms with Crippen LogP contribution in [-0.2, 0) is 11.2 Å². The summed E-state index contributed by atoms with van der Waals surface area (Å²) < 4.78 is 50.5. The van der Waals surface area contributed by atoms with Gasteiger partial charge in [0.25, 0.3) is 5.91 Å². The van der Waals surface area contributed by atoms with E-state index in [1.807, 2.05) is 0 Å². The Balaban J connectivity index is 1.56. The number of methoxy groups -OCH3 is 1. The Kier molecular flexibility index (Phi) is 6.99. The third-order valence-corrected chi connectivity index (χ3v) is 7.35. The van der Waals surface area contributed by atoms with Gasteiger partial charge < -0.3 is 20.3 Å². The zero-order valence-corrected chi connectivity index (χ0v) is 22.9. The van der Waals surface area contributed by atoms with E-state index in [9.17, 15) is 19.4 Å². The molecule has 2 aromatic carbocycles. The van der Waals surface area contributed by atoms with Crippen LogP contribution in [0.1, 0.15) is 54.0 Å². The van der Waals surface area contributed by atoms with Gasteiger partial charge in [-0.3, -0.25) is 4.79 Å². The number of alkyl halides is 1. The monoisotopic (exact) mass is 566 g/mol. The number of carbonyl (C=O) groups excluding carboxylic acids is 1. The Morgan fingerprint density at radius 3 is 2.37 bits per heavy atom. The molecule has 5 rings (SSSR count). The van der Waals surface area contributed by atoms with E-state index >= 15 is 8.78 Å². The number of amides is 1. The number of carbonyl (C=O) groups is 1. The van der Waals surface area contributed by atoms with Crippen LogP contribution in [0.15, 0.2) is 48.5 Å². The molecule has 3 N–H and O–H groups in total. The molecule has 2 heterocycles. The molecule has 214 valence electrons. The third-order valence-electron chi connectivity index (χ3n) is 7.35. The molecule has 0 spiro atoms. The van der Waals surface area contributed by atoms with Crippen molar-refractivity contribution in [3.63, 3.8) is 0 Å². The van der Waals surface area contributed by atoms with Gasteiger partial charge in [0.05, 0.1) is 30.6 Å². The average Bonchev–Trinajstić information content (AvgIpc) is 3.69. The van der Waals surface area contributed by atoms with Gasteiger partial charge in [0.1, 0.15) is 28.4 Å². The fraction of sp³-hybridized carbons (Fsp3) is 0.333. The number of aryl methyl sites for hydroxylation is 1. The Morgan fingerprint density at radius 2 is 1.76 bits per heavy atom. The molecule has 41 heavy (non-hydrogen) atoms. The number of halogens is 3. The van der Waals surface area contributed by atoms with E-state index in [1.165, 1.54) is 39.2 Å². The predicted molar refractivity (Wildman–Crippen MR) is 145 cm³/mol. The average molecular weight is 567 g/mol. The Morgan fingerprint density at radius 1 is 1.07 bits per heavy atom. The minimum absolute atomic E-state index is 0.0239. The molecule has 2 aromatic heterocycles. The Hall–Kier alpha value is -4.09. The lowest BCUT2D eigenvalue weighted by Crippen LogP contribution is -2.49. The van der Waals surface area contributed by atoms with Crippen LogP contribution < -0.4 is 10.1 Å². The first kappa shape index (κ1) is 28.4. The molecule has 1 aliphatic rings. The molecule has 1 atom stereocenters. The second-order valence-corrected chi connectivity index (χ2v) is 10.9. The minimum Gasteiger partial charge on any atom is -0.494 e. The van der Waals surface area contributed by atoms with E-state index in [4.69, 9.17) is 4.74 Å². The van der Waals surface area contributed by atoms with Crippen LogP contribution >= 0.6 is 0 Å². The number of benzene rings is 2. The van der Waals surface area contributed by atoms with Crippen molar-refractivity contribution < 1.29 is 32.9 Å². The molecule has 1 fully saturated rings. The van der Waals surface area contributed by atoms with Gasteiger partial charge in [0.15, 0.2) is 11.4 Å². The lowest BCUT2D eigenvalue weighted by Gasteiger charge is -2.33. The largest absolute Gasteiger partial charge is 0.494 e. The van der Waals surface area contributed by atoms with Crippen molar-refractivity contribution in [3.05, 3.63) is 82.7 Å². The van der Waals surface area contributed by atoms with E-state index in [1.54, 1.807) is 19.1 Å². The summed E-state index contributed by atoms with van der Waals surface area (Å²) in [6.45, 7) is 3.82. The number of hydrogen-bond acceptors (Lipinski definition) is 7. The highest BCUT2D eigenvalue weighted by molar-refractivity contribution is 5.99. The van der Waals surface area contributed by atoms with Gasteiger partial charge in [-0.15, -0.1) is 5.10 Å². The van der Waals surface area contributed by atoms with Gasteiger partial charge in [-0.05, 0) is 82.1 Å². The number of aromatic nitrogens is 3. The summed E-state index contributed by atoms with van der Waals surface area (Å²) in [5.41, 5.74) is -5.71. The number of nitrogens with zero attached hydrogens (tertiary/aromatic N) is 3. The maximum absolute atomic E-state index is 15.9. The maximum atomic E-state index is 15.9. The fourth-order valence-corrected chi connectivity index (χ4v) is 4.81. The number of hydrogen-bond donors (Lipinski definition) is 3. The normalized spacial score (nSPS) is 15.8. The number of pyridine rings is 1. The smallest absolute Gasteiger partial charge is 0.251 e. The van der Waals surface area contributed by atoms with E-state index in [0.29, 0.717) is 22.3 Å². The number of ether oxygens (including phenoxy) is 1. The topological polar surface area (TPSA) is 117 Å². The van der Waals surface area contributed by atoms with Gasteiger partial charge in [0, 0.05) is 22.1 Å². The first-order valence-electron chi connectivity index (χ1n) is 13.0. The van der Waals surface area contributed by atoms with Crippen molar-refractivity contribution in [1.82, 2.24) is 20.5 Å². The summed E-state index contributed by atoms with van der Waals surface area (Å²) in [6, 6.07) is 10.7. The van der Waals surface area contributed by atoms with Crippen LogP contribution in [0.5, 0.6) is 5.75 Å². The molecule has 1 amide bonds. The first-order chi connectivity index (χ1) is 19.3. The second-order valence-electron chi connectivity index (χ2n) is 10.9. The lowest BCUT2D eigenvalue weighted by molar-refractivity contribution is -0.0569. The summed E-state index contributed by atoms with van der Waals surface area (Å²) in [4.78, 5) is 17.5. The molecule has 1 aliphatic carbocycles.